The summed E-state index contributed by atoms with van der Waals surface area (Å²) in [5.74, 6) is -6.88. The molecule has 0 unspecified atom stereocenters. The van der Waals surface area contributed by atoms with E-state index < -0.39 is 83.7 Å². The smallest absolute Gasteiger partial charge is 0.326 e. The molecule has 0 fully saturated rings. The van der Waals surface area contributed by atoms with Gasteiger partial charge in [0.2, 0.25) is 35.4 Å². The van der Waals surface area contributed by atoms with Gasteiger partial charge in [0, 0.05) is 73.2 Å². The number of aromatic amines is 2. The molecule has 29 N–H and O–H groups in total. The maximum Gasteiger partial charge on any atom is 0.326 e. The van der Waals surface area contributed by atoms with Gasteiger partial charge in [-0.3, -0.25) is 48.7 Å². The minimum absolute atomic E-state index is 0.00759. The van der Waals surface area contributed by atoms with Gasteiger partial charge in [-0.25, -0.2) is 4.79 Å². The highest BCUT2D eigenvalue weighted by atomic mass is 16.4. The number of nitrogens with two attached hydrogens (primary N) is 10. The molecule has 4 aromatic rings. The van der Waals surface area contributed by atoms with Crippen LogP contribution >= 0.6 is 0 Å². The molecule has 82 heavy (non-hydrogen) atoms. The fourth-order valence-electron chi connectivity index (χ4n) is 8.82. The lowest BCUT2D eigenvalue weighted by molar-refractivity contribution is -0.142. The Labute approximate surface area is 474 Å². The second kappa shape index (κ2) is 34.1. The largest absolute Gasteiger partial charge is 0.480 e. The van der Waals surface area contributed by atoms with Crippen LogP contribution in [0.2, 0.25) is 0 Å². The van der Waals surface area contributed by atoms with Crippen molar-refractivity contribution >= 4 is 87.1 Å². The number of carbonyl (C=O) groups excluding carboxylic acids is 6. The van der Waals surface area contributed by atoms with Crippen molar-refractivity contribution in [3.63, 3.8) is 0 Å². The van der Waals surface area contributed by atoms with Crippen molar-refractivity contribution in [1.82, 2.24) is 41.9 Å². The van der Waals surface area contributed by atoms with Gasteiger partial charge >= 0.3 is 5.97 Å². The van der Waals surface area contributed by atoms with Gasteiger partial charge < -0.3 is 104 Å². The predicted molar refractivity (Wildman–Crippen MR) is 314 cm³/mol. The highest BCUT2D eigenvalue weighted by molar-refractivity contribution is 5.98. The van der Waals surface area contributed by atoms with Crippen molar-refractivity contribution in [1.29, 1.82) is 0 Å². The number of H-pyrrole nitrogens is 2. The van der Waals surface area contributed by atoms with Crippen molar-refractivity contribution in [3.05, 3.63) is 72.1 Å². The number of rotatable bonds is 37. The summed E-state index contributed by atoms with van der Waals surface area (Å²) >= 11 is 0. The first-order chi connectivity index (χ1) is 39.2. The third-order valence-electron chi connectivity index (χ3n) is 13.1. The van der Waals surface area contributed by atoms with Crippen molar-refractivity contribution in [2.75, 3.05) is 32.7 Å². The van der Waals surface area contributed by atoms with Crippen molar-refractivity contribution < 1.29 is 38.7 Å². The van der Waals surface area contributed by atoms with Crippen LogP contribution in [0.1, 0.15) is 81.8 Å². The summed E-state index contributed by atoms with van der Waals surface area (Å²) in [6.45, 7) is 0.656. The highest BCUT2D eigenvalue weighted by Crippen LogP contribution is 2.22. The Morgan fingerprint density at radius 2 is 0.744 bits per heavy atom. The van der Waals surface area contributed by atoms with Gasteiger partial charge in [0.05, 0.1) is 6.04 Å². The zero-order valence-corrected chi connectivity index (χ0v) is 45.9. The molecule has 4 rings (SSSR count). The van der Waals surface area contributed by atoms with E-state index in [1.807, 2.05) is 42.5 Å². The Kier molecular flexibility index (Phi) is 27.1. The minimum atomic E-state index is -1.45. The van der Waals surface area contributed by atoms with Crippen LogP contribution in [-0.4, -0.2) is 155 Å². The first kappa shape index (κ1) is 65.3. The Bertz CT molecular complexity index is 2870. The summed E-state index contributed by atoms with van der Waals surface area (Å²) in [5, 5.41) is 27.9. The number of benzene rings is 2. The van der Waals surface area contributed by atoms with Crippen LogP contribution in [0.25, 0.3) is 21.8 Å². The third-order valence-corrected chi connectivity index (χ3v) is 13.1. The molecule has 0 radical (unpaired) electrons. The summed E-state index contributed by atoms with van der Waals surface area (Å²) in [6.07, 6.45) is 4.86. The van der Waals surface area contributed by atoms with Crippen LogP contribution in [-0.2, 0) is 46.4 Å². The molecule has 7 atom stereocenters. The monoisotopic (exact) mass is 1140 g/mol. The lowest BCUT2D eigenvalue weighted by Crippen LogP contribution is -2.60. The van der Waals surface area contributed by atoms with Gasteiger partial charge in [-0.1, -0.05) is 36.4 Å². The molecule has 0 saturated carbocycles. The Morgan fingerprint density at radius 3 is 1.11 bits per heavy atom. The van der Waals surface area contributed by atoms with E-state index in [0.29, 0.717) is 36.9 Å². The number of fused-ring (bicyclic) bond motifs is 2. The van der Waals surface area contributed by atoms with Gasteiger partial charge in [-0.15, -0.1) is 0 Å². The molecule has 0 aliphatic heterocycles. The lowest BCUT2D eigenvalue weighted by atomic mass is 10.0. The van der Waals surface area contributed by atoms with Crippen molar-refractivity contribution in [2.45, 2.75) is 126 Å². The van der Waals surface area contributed by atoms with Crippen LogP contribution in [0, 0.1) is 0 Å². The van der Waals surface area contributed by atoms with Gasteiger partial charge in [0.15, 0.2) is 23.8 Å². The first-order valence-corrected chi connectivity index (χ1v) is 27.0. The standard InChI is InChI=1S/C52H82N22O8/c53-20-6-5-16-39(48(81)82)72-46(79)40(25-29-27-67-34-14-3-1-11-31(29)34)74-47(80)41(26-30-28-68-35-15-4-2-12-32(30)35)73-45(78)38(19-10-24-66-52(61)62)71-44(77)37(18-9-23-65-51(59)60)70-43(76)36(17-8-22-64-50(57)58)69-42(75)33(54)13-7-21-63-49(55)56/h1-4,11-12,14-15,27-28,33,36-41,67-68H,5-10,13,16-26,53-54H2,(H,69,75)(H,70,76)(H,71,77)(H,72,79)(H,73,78)(H,74,80)(H,81,82)(H4,55,56,63)(H4,57,58,64)(H4,59,60,65)(H4,61,62,66)/t33-,36-,37-,38-,39-,40-,41-/m0/s1. The van der Waals surface area contributed by atoms with Crippen molar-refractivity contribution in [3.8, 4) is 0 Å². The average molecular weight is 1140 g/mol. The number of nitrogens with one attached hydrogen (secondary N) is 8. The SMILES string of the molecule is NCCCC[C@H](NC(=O)[C@H](Cc1c[nH]c2ccccc12)NC(=O)[C@H](Cc1c[nH]c2ccccc12)NC(=O)[C@H](CCCN=C(N)N)NC(=O)[C@H](CCCN=C(N)N)NC(=O)[C@H](CCCN=C(N)N)NC(=O)[C@@H](N)CCCN=C(N)N)C(=O)O. The van der Waals surface area contributed by atoms with Crippen LogP contribution in [0.15, 0.2) is 80.9 Å². The van der Waals surface area contributed by atoms with Gasteiger partial charge in [-0.2, -0.15) is 0 Å². The number of unbranched alkanes of at least 4 members (excludes halogenated alkanes) is 1. The van der Waals surface area contributed by atoms with Crippen LogP contribution < -0.4 is 89.2 Å². The molecule has 0 aliphatic carbocycles. The molecule has 2 heterocycles. The number of carboxylic acids is 1. The summed E-state index contributed by atoms with van der Waals surface area (Å²) in [7, 11) is 0. The molecule has 2 aromatic carbocycles. The number of para-hydroxylation sites is 2. The van der Waals surface area contributed by atoms with E-state index in [0.717, 1.165) is 21.8 Å². The topological polar surface area (TPSA) is 553 Å². The fraction of sp³-hybridized carbons (Fsp3) is 0.481. The summed E-state index contributed by atoms with van der Waals surface area (Å²) < 4.78 is 0. The number of carboxylic acid groups (broad SMARTS) is 1. The van der Waals surface area contributed by atoms with Gasteiger partial charge in [0.25, 0.3) is 0 Å². The van der Waals surface area contributed by atoms with E-state index in [-0.39, 0.29) is 114 Å². The maximum absolute atomic E-state index is 14.9. The minimum Gasteiger partial charge on any atom is -0.480 e. The molecule has 448 valence electrons. The zero-order chi connectivity index (χ0) is 60.1. The molecule has 0 bridgehead atoms. The predicted octanol–water partition coefficient (Wildman–Crippen LogP) is -3.90. The van der Waals surface area contributed by atoms with E-state index in [1.54, 1.807) is 18.5 Å². The molecule has 0 spiro atoms. The summed E-state index contributed by atoms with van der Waals surface area (Å²) in [5.41, 5.74) is 58.8. The third kappa shape index (κ3) is 22.5. The number of nitrogens with zero attached hydrogens (tertiary/aromatic N) is 4. The average Bonchev–Trinajstić information content (AvgIpc) is 4.19. The van der Waals surface area contributed by atoms with Gasteiger partial charge in [0.1, 0.15) is 36.3 Å². The molecule has 6 amide bonds. The van der Waals surface area contributed by atoms with Crippen LogP contribution in [0.3, 0.4) is 0 Å². The second-order valence-corrected chi connectivity index (χ2v) is 19.5. The summed E-state index contributed by atoms with van der Waals surface area (Å²) in [4.78, 5) is 121. The number of hydrogen-bond donors (Lipinski definition) is 19. The first-order valence-electron chi connectivity index (χ1n) is 27.0. The van der Waals surface area contributed by atoms with E-state index in [4.69, 9.17) is 57.3 Å². The molecular weight excluding hydrogens is 1060 g/mol. The van der Waals surface area contributed by atoms with E-state index in [2.05, 4.69) is 61.8 Å². The van der Waals surface area contributed by atoms with Crippen LogP contribution in [0.5, 0.6) is 0 Å². The summed E-state index contributed by atoms with van der Waals surface area (Å²) in [6, 6.07) is 5.25. The zero-order valence-electron chi connectivity index (χ0n) is 45.9. The molecule has 2 aromatic heterocycles. The number of amides is 6. The number of guanidine groups is 4. The number of hydrogen-bond acceptors (Lipinski definition) is 13. The Balaban J connectivity index is 1.72. The van der Waals surface area contributed by atoms with E-state index in [1.165, 1.54) is 0 Å². The number of carbonyl (C=O) groups is 7. The number of aliphatic imine (C=N–C) groups is 4. The number of aliphatic carboxylic acids is 1. The number of aromatic nitrogens is 2. The highest BCUT2D eigenvalue weighted by Gasteiger charge is 2.35. The van der Waals surface area contributed by atoms with E-state index in [9.17, 15) is 38.7 Å². The molecule has 30 nitrogen and oxygen atoms in total. The fourth-order valence-corrected chi connectivity index (χ4v) is 8.82. The Hall–Kier alpha value is -9.19. The van der Waals surface area contributed by atoms with Crippen LogP contribution in [0.4, 0.5) is 0 Å². The lowest BCUT2D eigenvalue weighted by Gasteiger charge is -2.28. The molecular formula is C52H82N22O8. The maximum atomic E-state index is 14.9. The normalized spacial score (nSPS) is 13.6. The van der Waals surface area contributed by atoms with E-state index >= 15 is 0 Å². The quantitative estimate of drug-likeness (QED) is 0.0117. The molecule has 0 saturated heterocycles. The van der Waals surface area contributed by atoms with Gasteiger partial charge in [-0.05, 0) is 100 Å². The Morgan fingerprint density at radius 1 is 0.427 bits per heavy atom. The molecule has 30 heteroatoms. The van der Waals surface area contributed by atoms with Crippen molar-refractivity contribution in [2.24, 2.45) is 77.3 Å². The molecule has 0 aliphatic rings. The second-order valence-electron chi connectivity index (χ2n) is 19.5.